The first-order valence-electron chi connectivity index (χ1n) is 8.68. The molecule has 0 aromatic carbocycles. The first-order chi connectivity index (χ1) is 9.53. The molecule has 118 valence electrons. The third kappa shape index (κ3) is 3.05. The summed E-state index contributed by atoms with van der Waals surface area (Å²) in [5.41, 5.74) is 6.55. The Labute approximate surface area is 125 Å². The van der Waals surface area contributed by atoms with E-state index in [0.29, 0.717) is 0 Å². The van der Waals surface area contributed by atoms with Crippen molar-refractivity contribution in [2.24, 2.45) is 17.6 Å². The van der Waals surface area contributed by atoms with Crippen LogP contribution in [0.1, 0.15) is 52.9 Å². The SMILES string of the molecule is CCN1CCC(N(C)C2(CN)CC(C)CCC2C)CC1. The zero-order valence-electron chi connectivity index (χ0n) is 14.1. The van der Waals surface area contributed by atoms with Crippen LogP contribution in [0.25, 0.3) is 0 Å². The lowest BCUT2D eigenvalue weighted by Gasteiger charge is -2.54. The molecule has 0 radical (unpaired) electrons. The van der Waals surface area contributed by atoms with E-state index < -0.39 is 0 Å². The average molecular weight is 281 g/mol. The van der Waals surface area contributed by atoms with Crippen LogP contribution in [0.2, 0.25) is 0 Å². The number of nitrogens with two attached hydrogens (primary N) is 1. The molecule has 20 heavy (non-hydrogen) atoms. The Morgan fingerprint density at radius 1 is 1.15 bits per heavy atom. The zero-order chi connectivity index (χ0) is 14.8. The van der Waals surface area contributed by atoms with Crippen molar-refractivity contribution in [1.29, 1.82) is 0 Å². The third-order valence-corrected chi connectivity index (χ3v) is 6.32. The summed E-state index contributed by atoms with van der Waals surface area (Å²) >= 11 is 0. The van der Waals surface area contributed by atoms with Crippen LogP contribution in [0, 0.1) is 11.8 Å². The van der Waals surface area contributed by atoms with Crippen LogP contribution in [0.15, 0.2) is 0 Å². The fourth-order valence-corrected chi connectivity index (χ4v) is 4.62. The van der Waals surface area contributed by atoms with Gasteiger partial charge in [-0.1, -0.05) is 27.2 Å². The van der Waals surface area contributed by atoms with Crippen LogP contribution < -0.4 is 5.73 Å². The summed E-state index contributed by atoms with van der Waals surface area (Å²) in [5, 5.41) is 0. The number of likely N-dealkylation sites (tertiary alicyclic amines) is 1. The molecule has 3 unspecified atom stereocenters. The highest BCUT2D eigenvalue weighted by atomic mass is 15.2. The van der Waals surface area contributed by atoms with Gasteiger partial charge in [-0.05, 0) is 64.2 Å². The lowest BCUT2D eigenvalue weighted by Crippen LogP contribution is -2.63. The largest absolute Gasteiger partial charge is 0.329 e. The highest BCUT2D eigenvalue weighted by molar-refractivity contribution is 5.01. The minimum absolute atomic E-state index is 0.247. The number of hydrogen-bond donors (Lipinski definition) is 1. The van der Waals surface area contributed by atoms with Gasteiger partial charge in [0.1, 0.15) is 0 Å². The predicted molar refractivity (Wildman–Crippen MR) is 86.9 cm³/mol. The standard InChI is InChI=1S/C17H35N3/c1-5-20-10-8-16(9-11-20)19(4)17(13-18)12-14(2)6-7-15(17)3/h14-16H,5-13,18H2,1-4H3. The molecule has 2 fully saturated rings. The average Bonchev–Trinajstić information content (AvgIpc) is 2.49. The van der Waals surface area contributed by atoms with Crippen LogP contribution in [0.5, 0.6) is 0 Å². The number of rotatable bonds is 4. The van der Waals surface area contributed by atoms with Gasteiger partial charge in [-0.3, -0.25) is 4.90 Å². The van der Waals surface area contributed by atoms with Crippen LogP contribution in [0.4, 0.5) is 0 Å². The van der Waals surface area contributed by atoms with Gasteiger partial charge < -0.3 is 10.6 Å². The van der Waals surface area contributed by atoms with Crippen LogP contribution in [-0.4, -0.2) is 54.6 Å². The van der Waals surface area contributed by atoms with E-state index in [-0.39, 0.29) is 5.54 Å². The Morgan fingerprint density at radius 3 is 2.35 bits per heavy atom. The fourth-order valence-electron chi connectivity index (χ4n) is 4.62. The Kier molecular flexibility index (Phi) is 5.49. The molecule has 0 bridgehead atoms. The van der Waals surface area contributed by atoms with Crippen molar-refractivity contribution in [2.75, 3.05) is 33.2 Å². The second kappa shape index (κ2) is 6.76. The minimum atomic E-state index is 0.247. The maximum atomic E-state index is 6.30. The van der Waals surface area contributed by atoms with Gasteiger partial charge in [0.05, 0.1) is 0 Å². The molecule has 1 saturated carbocycles. The van der Waals surface area contributed by atoms with Crippen molar-refractivity contribution < 1.29 is 0 Å². The van der Waals surface area contributed by atoms with Gasteiger partial charge in [0.2, 0.25) is 0 Å². The normalized spacial score (nSPS) is 37.5. The summed E-state index contributed by atoms with van der Waals surface area (Å²) < 4.78 is 0. The predicted octanol–water partition coefficient (Wildman–Crippen LogP) is 2.56. The molecule has 1 aliphatic heterocycles. The quantitative estimate of drug-likeness (QED) is 0.859. The van der Waals surface area contributed by atoms with Crippen LogP contribution in [0.3, 0.4) is 0 Å². The summed E-state index contributed by atoms with van der Waals surface area (Å²) in [6.45, 7) is 11.7. The van der Waals surface area contributed by atoms with Crippen molar-refractivity contribution in [1.82, 2.24) is 9.80 Å². The van der Waals surface area contributed by atoms with Crippen molar-refractivity contribution in [2.45, 2.75) is 64.5 Å². The molecule has 1 aliphatic carbocycles. The van der Waals surface area contributed by atoms with Gasteiger partial charge in [0.15, 0.2) is 0 Å². The molecule has 3 atom stereocenters. The molecule has 0 aromatic heterocycles. The summed E-state index contributed by atoms with van der Waals surface area (Å²) in [4.78, 5) is 5.27. The monoisotopic (exact) mass is 281 g/mol. The number of hydrogen-bond acceptors (Lipinski definition) is 3. The van der Waals surface area contributed by atoms with E-state index in [9.17, 15) is 0 Å². The first-order valence-corrected chi connectivity index (χ1v) is 8.68. The van der Waals surface area contributed by atoms with Crippen molar-refractivity contribution in [3.8, 4) is 0 Å². The Bertz CT molecular complexity index is 299. The van der Waals surface area contributed by atoms with Crippen LogP contribution in [-0.2, 0) is 0 Å². The molecule has 1 saturated heterocycles. The first kappa shape index (κ1) is 16.3. The molecule has 0 spiro atoms. The van der Waals surface area contributed by atoms with Crippen molar-refractivity contribution in [3.05, 3.63) is 0 Å². The number of nitrogens with zero attached hydrogens (tertiary/aromatic N) is 2. The summed E-state index contributed by atoms with van der Waals surface area (Å²) in [5.74, 6) is 1.56. The van der Waals surface area contributed by atoms with Gasteiger partial charge in [-0.25, -0.2) is 0 Å². The molecular formula is C17H35N3. The summed E-state index contributed by atoms with van der Waals surface area (Å²) in [6, 6.07) is 0.731. The maximum absolute atomic E-state index is 6.30. The molecule has 0 aromatic rings. The molecule has 2 rings (SSSR count). The van der Waals surface area contributed by atoms with Crippen molar-refractivity contribution in [3.63, 3.8) is 0 Å². The van der Waals surface area contributed by atoms with E-state index in [4.69, 9.17) is 5.73 Å². The molecule has 2 N–H and O–H groups in total. The molecule has 2 aliphatic rings. The van der Waals surface area contributed by atoms with Crippen LogP contribution >= 0.6 is 0 Å². The van der Waals surface area contributed by atoms with Gasteiger partial charge in [-0.2, -0.15) is 0 Å². The molecular weight excluding hydrogens is 246 g/mol. The van der Waals surface area contributed by atoms with E-state index in [0.717, 1.165) is 24.4 Å². The van der Waals surface area contributed by atoms with E-state index in [1.165, 1.54) is 51.7 Å². The zero-order valence-corrected chi connectivity index (χ0v) is 14.1. The Morgan fingerprint density at radius 2 is 1.80 bits per heavy atom. The number of likely N-dealkylation sites (N-methyl/N-ethyl adjacent to an activating group) is 1. The van der Waals surface area contributed by atoms with E-state index in [2.05, 4.69) is 37.6 Å². The van der Waals surface area contributed by atoms with Crippen molar-refractivity contribution >= 4 is 0 Å². The molecule has 3 nitrogen and oxygen atoms in total. The van der Waals surface area contributed by atoms with E-state index >= 15 is 0 Å². The second-order valence-electron chi connectivity index (χ2n) is 7.37. The van der Waals surface area contributed by atoms with Gasteiger partial charge in [0, 0.05) is 18.1 Å². The lowest BCUT2D eigenvalue weighted by atomic mass is 9.68. The smallest absolute Gasteiger partial charge is 0.0359 e. The highest BCUT2D eigenvalue weighted by Gasteiger charge is 2.45. The molecule has 3 heteroatoms. The summed E-state index contributed by atoms with van der Waals surface area (Å²) in [6.07, 6.45) is 6.64. The third-order valence-electron chi connectivity index (χ3n) is 6.32. The Hall–Kier alpha value is -0.120. The second-order valence-corrected chi connectivity index (χ2v) is 7.37. The molecule has 1 heterocycles. The topological polar surface area (TPSA) is 32.5 Å². The summed E-state index contributed by atoms with van der Waals surface area (Å²) in [7, 11) is 2.35. The highest BCUT2D eigenvalue weighted by Crippen LogP contribution is 2.41. The van der Waals surface area contributed by atoms with E-state index in [1.54, 1.807) is 0 Å². The minimum Gasteiger partial charge on any atom is -0.329 e. The maximum Gasteiger partial charge on any atom is 0.0359 e. The van der Waals surface area contributed by atoms with Gasteiger partial charge >= 0.3 is 0 Å². The Balaban J connectivity index is 2.06. The number of piperidine rings is 1. The lowest BCUT2D eigenvalue weighted by molar-refractivity contribution is -0.0297. The van der Waals surface area contributed by atoms with E-state index in [1.807, 2.05) is 0 Å². The fraction of sp³-hybridized carbons (Fsp3) is 1.00. The van der Waals surface area contributed by atoms with Gasteiger partial charge in [0.25, 0.3) is 0 Å². The molecule has 0 amide bonds. The van der Waals surface area contributed by atoms with Gasteiger partial charge in [-0.15, -0.1) is 0 Å².